The second-order valence-corrected chi connectivity index (χ2v) is 6.83. The van der Waals surface area contributed by atoms with Crippen LogP contribution in [-0.4, -0.2) is 50.7 Å². The predicted molar refractivity (Wildman–Crippen MR) is 101 cm³/mol. The minimum absolute atomic E-state index is 0.0411. The van der Waals surface area contributed by atoms with Gasteiger partial charge in [0.2, 0.25) is 5.91 Å². The molecule has 1 atom stereocenters. The average molecular weight is 382 g/mol. The van der Waals surface area contributed by atoms with Crippen molar-refractivity contribution < 1.29 is 23.0 Å². The van der Waals surface area contributed by atoms with Gasteiger partial charge in [-0.3, -0.25) is 4.79 Å². The van der Waals surface area contributed by atoms with Gasteiger partial charge in [0.25, 0.3) is 0 Å². The van der Waals surface area contributed by atoms with E-state index in [4.69, 9.17) is 4.74 Å². The van der Waals surface area contributed by atoms with Crippen LogP contribution in [0.1, 0.15) is 31.7 Å². The van der Waals surface area contributed by atoms with E-state index in [-0.39, 0.29) is 17.4 Å². The number of carbonyl (C=O) groups is 1. The van der Waals surface area contributed by atoms with Gasteiger partial charge >= 0.3 is 6.61 Å². The Morgan fingerprint density at radius 2 is 2.00 bits per heavy atom. The maximum atomic E-state index is 12.3. The minimum Gasteiger partial charge on any atom is -0.493 e. The third-order valence-corrected chi connectivity index (χ3v) is 4.47. The number of hydrogen-bond donors (Lipinski definition) is 1. The van der Waals surface area contributed by atoms with Crippen molar-refractivity contribution in [3.05, 3.63) is 29.8 Å². The van der Waals surface area contributed by atoms with Crippen LogP contribution in [0.4, 0.5) is 8.78 Å². The molecule has 1 amide bonds. The lowest BCUT2D eigenvalue weighted by atomic mass is 10.1. The zero-order valence-electron chi connectivity index (χ0n) is 15.9. The summed E-state index contributed by atoms with van der Waals surface area (Å²) in [4.78, 5) is 14.5. The maximum Gasteiger partial charge on any atom is 0.387 e. The van der Waals surface area contributed by atoms with E-state index >= 15 is 0 Å². The van der Waals surface area contributed by atoms with Crippen LogP contribution >= 0.6 is 0 Å². The van der Waals surface area contributed by atoms with E-state index in [1.165, 1.54) is 38.5 Å². The number of carbonyl (C=O) groups excluding carboxylic acids is 1. The molecule has 27 heavy (non-hydrogen) atoms. The Kier molecular flexibility index (Phi) is 8.51. The molecular formula is C20H28F2N2O3. The molecule has 5 nitrogen and oxygen atoms in total. The van der Waals surface area contributed by atoms with Crippen molar-refractivity contribution in [2.24, 2.45) is 5.92 Å². The molecule has 1 aliphatic rings. The van der Waals surface area contributed by atoms with Gasteiger partial charge < -0.3 is 19.7 Å². The molecule has 0 aliphatic carbocycles. The van der Waals surface area contributed by atoms with E-state index < -0.39 is 6.61 Å². The fourth-order valence-corrected chi connectivity index (χ4v) is 3.13. The van der Waals surface area contributed by atoms with Crippen molar-refractivity contribution in [2.75, 3.05) is 33.3 Å². The van der Waals surface area contributed by atoms with E-state index in [1.54, 1.807) is 18.2 Å². The van der Waals surface area contributed by atoms with E-state index in [0.29, 0.717) is 18.0 Å². The number of ether oxygens (including phenoxy) is 2. The zero-order valence-corrected chi connectivity index (χ0v) is 15.9. The van der Waals surface area contributed by atoms with Gasteiger partial charge in [-0.05, 0) is 55.6 Å². The summed E-state index contributed by atoms with van der Waals surface area (Å²) < 4.78 is 34.1. The lowest BCUT2D eigenvalue weighted by molar-refractivity contribution is -0.116. The first-order valence-corrected chi connectivity index (χ1v) is 9.29. The summed E-state index contributed by atoms with van der Waals surface area (Å²) in [7, 11) is 1.37. The number of hydrogen-bond acceptors (Lipinski definition) is 4. The Morgan fingerprint density at radius 3 is 2.67 bits per heavy atom. The van der Waals surface area contributed by atoms with Crippen LogP contribution in [0.3, 0.4) is 0 Å². The van der Waals surface area contributed by atoms with Gasteiger partial charge in [-0.2, -0.15) is 8.78 Å². The average Bonchev–Trinajstić information content (AvgIpc) is 2.66. The Labute approximate surface area is 159 Å². The Bertz CT molecular complexity index is 632. The second-order valence-electron chi connectivity index (χ2n) is 6.83. The van der Waals surface area contributed by atoms with Gasteiger partial charge in [-0.25, -0.2) is 0 Å². The van der Waals surface area contributed by atoms with Crippen LogP contribution in [-0.2, 0) is 4.79 Å². The lowest BCUT2D eigenvalue weighted by Gasteiger charge is -2.29. The first-order valence-electron chi connectivity index (χ1n) is 9.29. The first-order chi connectivity index (χ1) is 13.0. The number of nitrogens with zero attached hydrogens (tertiary/aromatic N) is 1. The van der Waals surface area contributed by atoms with Gasteiger partial charge in [0, 0.05) is 19.2 Å². The van der Waals surface area contributed by atoms with Crippen molar-refractivity contribution in [3.63, 3.8) is 0 Å². The van der Waals surface area contributed by atoms with Crippen molar-refractivity contribution in [3.8, 4) is 11.5 Å². The summed E-state index contributed by atoms with van der Waals surface area (Å²) in [5.41, 5.74) is 0.657. The molecule has 0 radical (unpaired) electrons. The summed E-state index contributed by atoms with van der Waals surface area (Å²) in [6.45, 7) is 3.11. The van der Waals surface area contributed by atoms with Gasteiger partial charge in [0.05, 0.1) is 7.11 Å². The van der Waals surface area contributed by atoms with Crippen LogP contribution in [0.2, 0.25) is 0 Å². The van der Waals surface area contributed by atoms with Crippen LogP contribution in [0.5, 0.6) is 11.5 Å². The number of piperidine rings is 1. The second kappa shape index (κ2) is 10.9. The Morgan fingerprint density at radius 1 is 1.26 bits per heavy atom. The monoisotopic (exact) mass is 382 g/mol. The summed E-state index contributed by atoms with van der Waals surface area (Å²) >= 11 is 0. The van der Waals surface area contributed by atoms with Gasteiger partial charge in [-0.1, -0.05) is 19.4 Å². The van der Waals surface area contributed by atoms with Crippen LogP contribution < -0.4 is 14.8 Å². The number of benzene rings is 1. The number of halogens is 2. The van der Waals surface area contributed by atoms with Gasteiger partial charge in [0.1, 0.15) is 0 Å². The van der Waals surface area contributed by atoms with E-state index in [9.17, 15) is 13.6 Å². The fraction of sp³-hybridized carbons (Fsp3) is 0.550. The van der Waals surface area contributed by atoms with E-state index in [2.05, 4.69) is 21.9 Å². The molecule has 1 aliphatic heterocycles. The fourth-order valence-electron chi connectivity index (χ4n) is 3.13. The largest absolute Gasteiger partial charge is 0.493 e. The van der Waals surface area contributed by atoms with Crippen molar-refractivity contribution in [1.29, 1.82) is 0 Å². The van der Waals surface area contributed by atoms with E-state index in [1.807, 2.05) is 0 Å². The molecule has 1 unspecified atom stereocenters. The SMILES string of the molecule is COc1cc(C=CC(=O)NCC(C)CN2CCCCC2)ccc1OC(F)F. The van der Waals surface area contributed by atoms with E-state index in [0.717, 1.165) is 19.6 Å². The van der Waals surface area contributed by atoms with Gasteiger partial charge in [-0.15, -0.1) is 0 Å². The molecule has 1 saturated heterocycles. The lowest BCUT2D eigenvalue weighted by Crippen LogP contribution is -2.37. The molecule has 0 saturated carbocycles. The summed E-state index contributed by atoms with van der Waals surface area (Å²) in [6, 6.07) is 4.52. The molecular weight excluding hydrogens is 354 g/mol. The Balaban J connectivity index is 1.81. The number of amides is 1. The Hall–Kier alpha value is -2.15. The summed E-state index contributed by atoms with van der Waals surface area (Å²) in [5, 5.41) is 2.90. The normalized spacial score (nSPS) is 16.5. The molecule has 0 aromatic heterocycles. The first kappa shape index (κ1) is 21.2. The highest BCUT2D eigenvalue weighted by atomic mass is 19.3. The van der Waals surface area contributed by atoms with Crippen LogP contribution in [0.15, 0.2) is 24.3 Å². The molecule has 7 heteroatoms. The smallest absolute Gasteiger partial charge is 0.387 e. The molecule has 1 aromatic rings. The summed E-state index contributed by atoms with van der Waals surface area (Å²) in [5.74, 6) is 0.340. The van der Waals surface area contributed by atoms with Crippen LogP contribution in [0.25, 0.3) is 6.08 Å². The predicted octanol–water partition coefficient (Wildman–Crippen LogP) is 3.55. The number of likely N-dealkylation sites (tertiary alicyclic amines) is 1. The molecule has 1 heterocycles. The molecule has 2 rings (SSSR count). The van der Waals surface area contributed by atoms with Gasteiger partial charge in [0.15, 0.2) is 11.5 Å². The maximum absolute atomic E-state index is 12.3. The molecule has 150 valence electrons. The minimum atomic E-state index is -2.92. The zero-order chi connectivity index (χ0) is 19.6. The molecule has 0 bridgehead atoms. The van der Waals surface area contributed by atoms with Crippen molar-refractivity contribution in [2.45, 2.75) is 32.8 Å². The number of nitrogens with one attached hydrogen (secondary N) is 1. The number of rotatable bonds is 9. The molecule has 1 fully saturated rings. The van der Waals surface area contributed by atoms with Crippen molar-refractivity contribution >= 4 is 12.0 Å². The van der Waals surface area contributed by atoms with Crippen LogP contribution in [0, 0.1) is 5.92 Å². The quantitative estimate of drug-likeness (QED) is 0.664. The highest BCUT2D eigenvalue weighted by molar-refractivity contribution is 5.91. The molecule has 1 N–H and O–H groups in total. The number of methoxy groups -OCH3 is 1. The highest BCUT2D eigenvalue weighted by Crippen LogP contribution is 2.29. The third kappa shape index (κ3) is 7.54. The molecule has 1 aromatic carbocycles. The molecule has 0 spiro atoms. The standard InChI is InChI=1S/C20H28F2N2O3/c1-15(14-24-10-4-3-5-11-24)13-23-19(25)9-7-16-6-8-17(27-20(21)22)18(12-16)26-2/h6-9,12,15,20H,3-5,10-11,13-14H2,1-2H3,(H,23,25). The number of alkyl halides is 2. The van der Waals surface area contributed by atoms with Crippen molar-refractivity contribution in [1.82, 2.24) is 10.2 Å². The summed E-state index contributed by atoms with van der Waals surface area (Å²) in [6.07, 6.45) is 6.86. The third-order valence-electron chi connectivity index (χ3n) is 4.47. The highest BCUT2D eigenvalue weighted by Gasteiger charge is 2.14. The topological polar surface area (TPSA) is 50.8 Å².